The number of hydrogen-bond acceptors (Lipinski definition) is 2. The lowest BCUT2D eigenvalue weighted by atomic mass is 9.92. The van der Waals surface area contributed by atoms with Crippen LogP contribution in [0.1, 0.15) is 52.6 Å². The van der Waals surface area contributed by atoms with E-state index in [0.717, 1.165) is 40.8 Å². The van der Waals surface area contributed by atoms with Crippen LogP contribution in [-0.4, -0.2) is 27.3 Å². The summed E-state index contributed by atoms with van der Waals surface area (Å²) in [5.74, 6) is 0.395. The number of imidazole rings is 1. The molecule has 1 saturated heterocycles. The normalized spacial score (nSPS) is 18.4. The van der Waals surface area contributed by atoms with Crippen molar-refractivity contribution in [2.75, 3.05) is 6.54 Å². The molecule has 4 nitrogen and oxygen atoms in total. The second kappa shape index (κ2) is 8.26. The number of nitrogens with one attached hydrogen (secondary N) is 1. The monoisotopic (exact) mass is 477 g/mol. The maximum Gasteiger partial charge on any atom is 0.416 e. The Morgan fingerprint density at radius 3 is 2.54 bits per heavy atom. The van der Waals surface area contributed by atoms with Crippen LogP contribution >= 0.6 is 0 Å². The molecule has 3 aromatic carbocycles. The molecule has 5 rings (SSSR count). The minimum Gasteiger partial charge on any atom is -0.340 e. The quantitative estimate of drug-likeness (QED) is 0.345. The molecule has 1 unspecified atom stereocenters. The molecular weight excluding hydrogens is 451 g/mol. The molecule has 7 heteroatoms. The molecule has 180 valence electrons. The first kappa shape index (κ1) is 23.1. The van der Waals surface area contributed by atoms with Gasteiger partial charge in [-0.25, -0.2) is 4.98 Å². The summed E-state index contributed by atoms with van der Waals surface area (Å²) in [6.07, 6.45) is -3.00. The molecule has 1 amide bonds. The van der Waals surface area contributed by atoms with Crippen LogP contribution in [-0.2, 0) is 11.7 Å². The summed E-state index contributed by atoms with van der Waals surface area (Å²) in [5, 5.41) is 0. The average Bonchev–Trinajstić information content (AvgIpc) is 3.42. The third kappa shape index (κ3) is 3.99. The first-order valence-corrected chi connectivity index (χ1v) is 11.6. The van der Waals surface area contributed by atoms with Crippen molar-refractivity contribution in [3.8, 4) is 11.1 Å². The van der Waals surface area contributed by atoms with E-state index in [1.54, 1.807) is 0 Å². The van der Waals surface area contributed by atoms with Crippen molar-refractivity contribution in [3.63, 3.8) is 0 Å². The molecule has 1 fully saturated rings. The molecule has 0 bridgehead atoms. The number of halogens is 3. The first-order chi connectivity index (χ1) is 16.6. The van der Waals surface area contributed by atoms with Gasteiger partial charge in [0.2, 0.25) is 0 Å². The van der Waals surface area contributed by atoms with E-state index < -0.39 is 17.3 Å². The van der Waals surface area contributed by atoms with Gasteiger partial charge in [-0.1, -0.05) is 42.0 Å². The molecule has 1 N–H and O–H groups in total. The van der Waals surface area contributed by atoms with Gasteiger partial charge < -0.3 is 9.88 Å². The first-order valence-electron chi connectivity index (χ1n) is 11.6. The number of benzene rings is 3. The number of likely N-dealkylation sites (tertiary alicyclic amines) is 1. The van der Waals surface area contributed by atoms with Crippen LogP contribution in [0.3, 0.4) is 0 Å². The third-order valence-electron chi connectivity index (χ3n) is 7.05. The van der Waals surface area contributed by atoms with Crippen LogP contribution in [0.2, 0.25) is 0 Å². The molecule has 4 aromatic rings. The van der Waals surface area contributed by atoms with Gasteiger partial charge in [-0.15, -0.1) is 0 Å². The molecule has 0 spiro atoms. The highest BCUT2D eigenvalue weighted by Crippen LogP contribution is 2.41. The van der Waals surface area contributed by atoms with Crippen molar-refractivity contribution in [2.45, 2.75) is 45.3 Å². The van der Waals surface area contributed by atoms with E-state index in [4.69, 9.17) is 0 Å². The van der Waals surface area contributed by atoms with Crippen LogP contribution in [0.25, 0.3) is 22.2 Å². The number of amides is 1. The summed E-state index contributed by atoms with van der Waals surface area (Å²) in [6.45, 7) is 6.46. The highest BCUT2D eigenvalue weighted by atomic mass is 19.4. The average molecular weight is 478 g/mol. The Bertz CT molecular complexity index is 1440. The van der Waals surface area contributed by atoms with Gasteiger partial charge in [-0.3, -0.25) is 4.79 Å². The molecule has 2 heterocycles. The fourth-order valence-electron chi connectivity index (χ4n) is 5.07. The van der Waals surface area contributed by atoms with Crippen molar-refractivity contribution < 1.29 is 18.0 Å². The fraction of sp³-hybridized carbons (Fsp3) is 0.286. The van der Waals surface area contributed by atoms with Gasteiger partial charge in [0.1, 0.15) is 5.82 Å². The molecule has 0 radical (unpaired) electrons. The summed E-state index contributed by atoms with van der Waals surface area (Å²) < 4.78 is 39.6. The third-order valence-corrected chi connectivity index (χ3v) is 7.05. The smallest absolute Gasteiger partial charge is 0.340 e. The Morgan fingerprint density at radius 2 is 1.80 bits per heavy atom. The zero-order valence-electron chi connectivity index (χ0n) is 19.8. The van der Waals surface area contributed by atoms with E-state index in [1.807, 2.05) is 68.1 Å². The number of aromatic nitrogens is 2. The van der Waals surface area contributed by atoms with Crippen LogP contribution in [0.4, 0.5) is 13.2 Å². The van der Waals surface area contributed by atoms with E-state index >= 15 is 0 Å². The predicted molar refractivity (Wildman–Crippen MR) is 130 cm³/mol. The number of alkyl halides is 3. The molecule has 0 aliphatic carbocycles. The predicted octanol–water partition coefficient (Wildman–Crippen LogP) is 7.02. The highest BCUT2D eigenvalue weighted by Gasteiger charge is 2.44. The number of carbonyl (C=O) groups excluding carboxylic acids is 1. The number of aromatic amines is 1. The Hall–Kier alpha value is -3.61. The van der Waals surface area contributed by atoms with Gasteiger partial charge in [0.15, 0.2) is 0 Å². The summed E-state index contributed by atoms with van der Waals surface area (Å²) in [5.41, 5.74) is 3.81. The minimum absolute atomic E-state index is 0.108. The largest absolute Gasteiger partial charge is 0.416 e. The lowest BCUT2D eigenvalue weighted by Gasteiger charge is -2.34. The SMILES string of the molecule is Cc1ccc(-c2ccccc2C)c(C(=O)N2CCCC2(C)c2nc3ccc(C(F)(F)F)cc3[nH]2)c1. The van der Waals surface area contributed by atoms with E-state index in [0.29, 0.717) is 35.4 Å². The second-order valence-corrected chi connectivity index (χ2v) is 9.51. The van der Waals surface area contributed by atoms with Gasteiger partial charge in [0, 0.05) is 12.1 Å². The zero-order chi connectivity index (χ0) is 25.0. The van der Waals surface area contributed by atoms with Crippen molar-refractivity contribution in [3.05, 3.63) is 88.7 Å². The second-order valence-electron chi connectivity index (χ2n) is 9.51. The van der Waals surface area contributed by atoms with E-state index in [1.165, 1.54) is 6.07 Å². The number of fused-ring (bicyclic) bond motifs is 1. The highest BCUT2D eigenvalue weighted by molar-refractivity contribution is 6.02. The maximum atomic E-state index is 14.0. The number of rotatable bonds is 3. The van der Waals surface area contributed by atoms with Crippen LogP contribution < -0.4 is 0 Å². The van der Waals surface area contributed by atoms with Crippen LogP contribution in [0.5, 0.6) is 0 Å². The Balaban J connectivity index is 1.57. The standard InChI is InChI=1S/C28H26F3N3O/c1-17-9-11-21(20-8-5-4-7-18(20)2)22(15-17)25(35)34-14-6-13-27(34,3)26-32-23-12-10-19(28(29,30)31)16-24(23)33-26/h4-5,7-12,15-16H,6,13-14H2,1-3H3,(H,32,33). The molecule has 1 aliphatic rings. The van der Waals surface area contributed by atoms with Gasteiger partial charge in [-0.2, -0.15) is 13.2 Å². The topological polar surface area (TPSA) is 49.0 Å². The lowest BCUT2D eigenvalue weighted by molar-refractivity contribution is -0.137. The molecule has 1 atom stereocenters. The van der Waals surface area contributed by atoms with Crippen LogP contribution in [0, 0.1) is 13.8 Å². The lowest BCUT2D eigenvalue weighted by Crippen LogP contribution is -2.43. The van der Waals surface area contributed by atoms with Gasteiger partial charge in [-0.05, 0) is 74.6 Å². The number of H-pyrrole nitrogens is 1. The molecule has 0 saturated carbocycles. The summed E-state index contributed by atoms with van der Waals surface area (Å²) in [7, 11) is 0. The Kier molecular flexibility index (Phi) is 5.46. The van der Waals surface area contributed by atoms with Crippen LogP contribution in [0.15, 0.2) is 60.7 Å². The number of carbonyl (C=O) groups is 1. The van der Waals surface area contributed by atoms with Gasteiger partial charge in [0.05, 0.1) is 22.1 Å². The van der Waals surface area contributed by atoms with E-state index in [9.17, 15) is 18.0 Å². The number of hydrogen-bond donors (Lipinski definition) is 1. The van der Waals surface area contributed by atoms with Gasteiger partial charge in [0.25, 0.3) is 5.91 Å². The molecule has 1 aliphatic heterocycles. The summed E-state index contributed by atoms with van der Waals surface area (Å²) in [4.78, 5) is 23.5. The Labute approximate surface area is 201 Å². The minimum atomic E-state index is -4.43. The molecular formula is C28H26F3N3O. The maximum absolute atomic E-state index is 14.0. The van der Waals surface area contributed by atoms with E-state index in [2.05, 4.69) is 9.97 Å². The number of nitrogens with zero attached hydrogens (tertiary/aromatic N) is 2. The molecule has 35 heavy (non-hydrogen) atoms. The zero-order valence-corrected chi connectivity index (χ0v) is 19.8. The van der Waals surface area contributed by atoms with Crippen molar-refractivity contribution >= 4 is 16.9 Å². The number of aryl methyl sites for hydroxylation is 2. The summed E-state index contributed by atoms with van der Waals surface area (Å²) in [6, 6.07) is 17.3. The fourth-order valence-corrected chi connectivity index (χ4v) is 5.07. The molecule has 1 aromatic heterocycles. The van der Waals surface area contributed by atoms with Crippen molar-refractivity contribution in [2.24, 2.45) is 0 Å². The van der Waals surface area contributed by atoms with Gasteiger partial charge >= 0.3 is 6.18 Å². The summed E-state index contributed by atoms with van der Waals surface area (Å²) >= 11 is 0. The van der Waals surface area contributed by atoms with E-state index in [-0.39, 0.29) is 5.91 Å². The van der Waals surface area contributed by atoms with Crippen molar-refractivity contribution in [1.29, 1.82) is 0 Å². The van der Waals surface area contributed by atoms with Crippen molar-refractivity contribution in [1.82, 2.24) is 14.9 Å². The Morgan fingerprint density at radius 1 is 1.03 bits per heavy atom.